The van der Waals surface area contributed by atoms with E-state index in [0.29, 0.717) is 33.1 Å². The predicted octanol–water partition coefficient (Wildman–Crippen LogP) is 6.86. The van der Waals surface area contributed by atoms with Gasteiger partial charge in [-0.3, -0.25) is 4.79 Å². The summed E-state index contributed by atoms with van der Waals surface area (Å²) in [4.78, 5) is 17.4. The first-order valence-electron chi connectivity index (χ1n) is 15.0. The van der Waals surface area contributed by atoms with Crippen LogP contribution in [0.2, 0.25) is 0 Å². The number of hydrogen-bond acceptors (Lipinski definition) is 4. The van der Waals surface area contributed by atoms with Gasteiger partial charge in [-0.2, -0.15) is 0 Å². The van der Waals surface area contributed by atoms with Gasteiger partial charge in [-0.15, -0.1) is 0 Å². The number of rotatable bonds is 8. The van der Waals surface area contributed by atoms with E-state index < -0.39 is 33.1 Å². The zero-order valence-corrected chi connectivity index (χ0v) is 26.0. The summed E-state index contributed by atoms with van der Waals surface area (Å²) >= 11 is 0. The van der Waals surface area contributed by atoms with Gasteiger partial charge in [0.1, 0.15) is 17.4 Å². The highest BCUT2D eigenvalue weighted by Crippen LogP contribution is 2.42. The molecule has 0 saturated carbocycles. The predicted molar refractivity (Wildman–Crippen MR) is 179 cm³/mol. The van der Waals surface area contributed by atoms with Crippen molar-refractivity contribution in [3.63, 3.8) is 0 Å². The lowest BCUT2D eigenvalue weighted by atomic mass is 9.84. The van der Waals surface area contributed by atoms with Crippen molar-refractivity contribution in [2.24, 2.45) is 7.05 Å². The number of nitrogens with zero attached hydrogens (tertiary/aromatic N) is 1. The number of sulfonamides is 1. The molecule has 3 N–H and O–H groups in total. The zero-order valence-electron chi connectivity index (χ0n) is 25.2. The second kappa shape index (κ2) is 11.8. The first kappa shape index (κ1) is 30.3. The number of aromatic hydroxyl groups is 1. The first-order chi connectivity index (χ1) is 22.6. The van der Waals surface area contributed by atoms with Crippen LogP contribution in [0.4, 0.5) is 8.78 Å². The first-order valence-corrected chi connectivity index (χ1v) is 16.5. The molecule has 5 aromatic carbocycles. The van der Waals surface area contributed by atoms with Gasteiger partial charge >= 0.3 is 0 Å². The Kier molecular flexibility index (Phi) is 7.62. The SMILES string of the molecule is Cn1c(=O)c(C(c2cc(F)ccc2F)c2[nH]c3ccccc3c2CCNS(=O)(=O)c2ccc3ccccc3c2)c(O)c2ccccc21. The van der Waals surface area contributed by atoms with Gasteiger partial charge < -0.3 is 14.7 Å². The largest absolute Gasteiger partial charge is 0.507 e. The smallest absolute Gasteiger partial charge is 0.258 e. The zero-order chi connectivity index (χ0) is 32.9. The van der Waals surface area contributed by atoms with Crippen LogP contribution in [0.1, 0.15) is 28.3 Å². The Morgan fingerprint density at radius 2 is 1.55 bits per heavy atom. The molecule has 0 amide bonds. The molecule has 1 atom stereocenters. The minimum Gasteiger partial charge on any atom is -0.507 e. The number of H-pyrrole nitrogens is 1. The number of aryl methyl sites for hydroxylation is 1. The number of hydrogen-bond donors (Lipinski definition) is 3. The fourth-order valence-electron chi connectivity index (χ4n) is 6.42. The molecule has 0 spiro atoms. The van der Waals surface area contributed by atoms with E-state index in [2.05, 4.69) is 9.71 Å². The molecule has 1 unspecified atom stereocenters. The maximum atomic E-state index is 15.7. The standard InChI is InChI=1S/C37H29F2N3O4S/c1-42-32-13-7-5-11-28(32)36(43)34(37(42)44)33(29-21-24(38)15-17-30(29)39)35-27(26-10-4-6-12-31(26)41-35)18-19-40-47(45,46)25-16-14-22-8-2-3-9-23(22)20-25/h2-17,20-21,33,40-41,43H,18-19H2,1H3. The number of aromatic nitrogens is 2. The average molecular weight is 650 g/mol. The van der Waals surface area contributed by atoms with Crippen LogP contribution in [-0.2, 0) is 23.5 Å². The number of pyridine rings is 1. The summed E-state index contributed by atoms with van der Waals surface area (Å²) < 4.78 is 61.3. The maximum Gasteiger partial charge on any atom is 0.258 e. The van der Waals surface area contributed by atoms with Gasteiger partial charge in [-0.25, -0.2) is 21.9 Å². The van der Waals surface area contributed by atoms with Gasteiger partial charge in [0.25, 0.3) is 5.56 Å². The molecule has 2 heterocycles. The van der Waals surface area contributed by atoms with Crippen molar-refractivity contribution in [2.75, 3.05) is 6.54 Å². The van der Waals surface area contributed by atoms with Crippen molar-refractivity contribution in [2.45, 2.75) is 17.2 Å². The van der Waals surface area contributed by atoms with Crippen LogP contribution >= 0.6 is 0 Å². The van der Waals surface area contributed by atoms with E-state index >= 15 is 4.39 Å². The minimum absolute atomic E-state index is 0.0376. The third kappa shape index (κ3) is 5.35. The van der Waals surface area contributed by atoms with Crippen LogP contribution in [0, 0.1) is 11.6 Å². The van der Waals surface area contributed by atoms with Crippen molar-refractivity contribution in [1.82, 2.24) is 14.3 Å². The topological polar surface area (TPSA) is 104 Å². The van der Waals surface area contributed by atoms with Gasteiger partial charge in [-0.1, -0.05) is 60.7 Å². The Bertz CT molecular complexity index is 2510. The second-order valence-corrected chi connectivity index (χ2v) is 13.2. The number of nitrogens with one attached hydrogen (secondary N) is 2. The van der Waals surface area contributed by atoms with Gasteiger partial charge in [-0.05, 0) is 71.3 Å². The molecule has 0 aliphatic carbocycles. The molecule has 2 aromatic heterocycles. The highest BCUT2D eigenvalue weighted by molar-refractivity contribution is 7.89. The summed E-state index contributed by atoms with van der Waals surface area (Å²) in [5, 5.41) is 14.4. The Labute approximate surface area is 268 Å². The van der Waals surface area contributed by atoms with Crippen molar-refractivity contribution in [1.29, 1.82) is 0 Å². The van der Waals surface area contributed by atoms with Crippen LogP contribution in [0.3, 0.4) is 0 Å². The van der Waals surface area contributed by atoms with Crippen LogP contribution in [0.5, 0.6) is 5.75 Å². The average Bonchev–Trinajstić information content (AvgIpc) is 3.44. The number of para-hydroxylation sites is 2. The van der Waals surface area contributed by atoms with Gasteiger partial charge in [0.05, 0.1) is 21.9 Å². The quantitative estimate of drug-likeness (QED) is 0.167. The van der Waals surface area contributed by atoms with Crippen molar-refractivity contribution in [3.05, 3.63) is 154 Å². The lowest BCUT2D eigenvalue weighted by Gasteiger charge is -2.22. The second-order valence-electron chi connectivity index (χ2n) is 11.5. The van der Waals surface area contributed by atoms with Crippen molar-refractivity contribution >= 4 is 42.6 Å². The Hall–Kier alpha value is -5.32. The number of benzene rings is 5. The molecule has 10 heteroatoms. The fraction of sp³-hybridized carbons (Fsp3) is 0.108. The van der Waals surface area contributed by atoms with Crippen LogP contribution in [0.15, 0.2) is 119 Å². The van der Waals surface area contributed by atoms with E-state index in [1.54, 1.807) is 61.6 Å². The fourth-order valence-corrected chi connectivity index (χ4v) is 7.49. The van der Waals surface area contributed by atoms with E-state index in [9.17, 15) is 22.7 Å². The van der Waals surface area contributed by atoms with Crippen molar-refractivity contribution < 1.29 is 22.3 Å². The molecular formula is C37H29F2N3O4S. The highest BCUT2D eigenvalue weighted by atomic mass is 32.2. The van der Waals surface area contributed by atoms with E-state index in [0.717, 1.165) is 29.0 Å². The monoisotopic (exact) mass is 649 g/mol. The highest BCUT2D eigenvalue weighted by Gasteiger charge is 2.32. The van der Waals surface area contributed by atoms with Crippen LogP contribution < -0.4 is 10.3 Å². The van der Waals surface area contributed by atoms with E-state index in [1.165, 1.54) is 4.57 Å². The third-order valence-electron chi connectivity index (χ3n) is 8.70. The van der Waals surface area contributed by atoms with E-state index in [4.69, 9.17) is 0 Å². The molecule has 0 radical (unpaired) electrons. The van der Waals surface area contributed by atoms with Crippen LogP contribution in [0.25, 0.3) is 32.6 Å². The minimum atomic E-state index is -3.91. The molecule has 7 aromatic rings. The summed E-state index contributed by atoms with van der Waals surface area (Å²) in [5.74, 6) is -3.11. The third-order valence-corrected chi connectivity index (χ3v) is 10.2. The van der Waals surface area contributed by atoms with Crippen molar-refractivity contribution in [3.8, 4) is 5.75 Å². The van der Waals surface area contributed by atoms with Crippen LogP contribution in [-0.4, -0.2) is 29.6 Å². The Morgan fingerprint density at radius 1 is 0.851 bits per heavy atom. The lowest BCUT2D eigenvalue weighted by molar-refractivity contribution is 0.468. The molecule has 0 aliphatic rings. The molecule has 0 bridgehead atoms. The molecule has 7 rings (SSSR count). The Morgan fingerprint density at radius 3 is 2.36 bits per heavy atom. The molecule has 0 saturated heterocycles. The Balaban J connectivity index is 1.37. The molecule has 0 fully saturated rings. The number of fused-ring (bicyclic) bond motifs is 3. The molecule has 0 aliphatic heterocycles. The van der Waals surface area contributed by atoms with Gasteiger partial charge in [0.15, 0.2) is 0 Å². The molecule has 7 nitrogen and oxygen atoms in total. The summed E-state index contributed by atoms with van der Waals surface area (Å²) in [6, 6.07) is 29.4. The lowest BCUT2D eigenvalue weighted by Crippen LogP contribution is -2.27. The maximum absolute atomic E-state index is 15.7. The number of halogens is 2. The number of aromatic amines is 1. The van der Waals surface area contributed by atoms with E-state index in [1.807, 2.05) is 36.4 Å². The summed E-state index contributed by atoms with van der Waals surface area (Å²) in [7, 11) is -2.36. The van der Waals surface area contributed by atoms with Gasteiger partial charge in [0.2, 0.25) is 10.0 Å². The summed E-state index contributed by atoms with van der Waals surface area (Å²) in [6.45, 7) is -0.0376. The van der Waals surface area contributed by atoms with E-state index in [-0.39, 0.29) is 34.7 Å². The summed E-state index contributed by atoms with van der Waals surface area (Å²) in [6.07, 6.45) is 0.133. The summed E-state index contributed by atoms with van der Waals surface area (Å²) in [5.41, 5.74) is 1.16. The van der Waals surface area contributed by atoms with Gasteiger partial charge in [0, 0.05) is 41.1 Å². The molecule has 47 heavy (non-hydrogen) atoms. The molecule has 236 valence electrons. The molecular weight excluding hydrogens is 620 g/mol. The normalized spacial score (nSPS) is 12.7.